The van der Waals surface area contributed by atoms with E-state index in [0.717, 1.165) is 6.42 Å². The molecule has 2 aliphatic rings. The van der Waals surface area contributed by atoms with E-state index in [9.17, 15) is 4.79 Å². The molecule has 3 nitrogen and oxygen atoms in total. The number of carboxylic acid groups (broad SMARTS) is 1. The first-order valence-electron chi connectivity index (χ1n) is 4.26. The first-order valence-corrected chi connectivity index (χ1v) is 4.26. The number of allylic oxidation sites excluding steroid dienone is 2. The van der Waals surface area contributed by atoms with Gasteiger partial charge in [-0.3, -0.25) is 4.79 Å². The predicted molar refractivity (Wildman–Crippen MR) is 42.4 cm³/mol. The van der Waals surface area contributed by atoms with Crippen molar-refractivity contribution in [2.24, 2.45) is 23.7 Å². The van der Waals surface area contributed by atoms with E-state index in [4.69, 9.17) is 10.2 Å². The van der Waals surface area contributed by atoms with E-state index < -0.39 is 5.97 Å². The lowest BCUT2D eigenvalue weighted by atomic mass is 9.84. The van der Waals surface area contributed by atoms with Crippen LogP contribution in [0, 0.1) is 23.7 Å². The van der Waals surface area contributed by atoms with Gasteiger partial charge >= 0.3 is 5.97 Å². The number of aliphatic hydroxyl groups excluding tert-OH is 1. The van der Waals surface area contributed by atoms with E-state index in [1.807, 2.05) is 12.2 Å². The number of hydrogen-bond acceptors (Lipinski definition) is 2. The number of fused-ring (bicyclic) bond motifs is 2. The van der Waals surface area contributed by atoms with Crippen molar-refractivity contribution < 1.29 is 15.0 Å². The molecule has 2 bridgehead atoms. The van der Waals surface area contributed by atoms with Gasteiger partial charge in [-0.25, -0.2) is 0 Å². The summed E-state index contributed by atoms with van der Waals surface area (Å²) in [7, 11) is 0. The van der Waals surface area contributed by atoms with Crippen LogP contribution in [-0.4, -0.2) is 22.8 Å². The Hall–Kier alpha value is -0.830. The maximum Gasteiger partial charge on any atom is 0.307 e. The standard InChI is InChI=1S/C9H12O3/c10-4-7-5-1-2-6(3-5)8(7)9(11)12/h1-2,5-8,10H,3-4H2,(H,11,12)/t5-,6+,7-,8+/m1/s1. The van der Waals surface area contributed by atoms with Crippen LogP contribution in [-0.2, 0) is 4.79 Å². The monoisotopic (exact) mass is 168 g/mol. The molecule has 1 fully saturated rings. The van der Waals surface area contributed by atoms with Gasteiger partial charge in [0.05, 0.1) is 5.92 Å². The second-order valence-corrected chi connectivity index (χ2v) is 3.66. The van der Waals surface area contributed by atoms with Crippen LogP contribution in [0.3, 0.4) is 0 Å². The Bertz CT molecular complexity index is 234. The largest absolute Gasteiger partial charge is 0.481 e. The molecule has 0 saturated heterocycles. The highest BCUT2D eigenvalue weighted by atomic mass is 16.4. The van der Waals surface area contributed by atoms with Crippen molar-refractivity contribution in [3.8, 4) is 0 Å². The molecule has 0 aromatic heterocycles. The first-order chi connectivity index (χ1) is 5.74. The lowest BCUT2D eigenvalue weighted by molar-refractivity contribution is -0.144. The van der Waals surface area contributed by atoms with Crippen molar-refractivity contribution in [1.29, 1.82) is 0 Å². The lowest BCUT2D eigenvalue weighted by Crippen LogP contribution is -2.29. The van der Waals surface area contributed by atoms with Crippen LogP contribution in [0.25, 0.3) is 0 Å². The summed E-state index contributed by atoms with van der Waals surface area (Å²) in [5.74, 6) is -0.667. The highest BCUT2D eigenvalue weighted by Gasteiger charge is 2.47. The Labute approximate surface area is 70.7 Å². The molecule has 0 heterocycles. The summed E-state index contributed by atoms with van der Waals surface area (Å²) in [6.07, 6.45) is 4.95. The van der Waals surface area contributed by atoms with Crippen molar-refractivity contribution in [2.75, 3.05) is 6.61 Å². The molecule has 1 saturated carbocycles. The number of aliphatic hydroxyl groups is 1. The van der Waals surface area contributed by atoms with Gasteiger partial charge in [0.1, 0.15) is 0 Å². The highest BCUT2D eigenvalue weighted by Crippen LogP contribution is 2.47. The molecule has 0 amide bonds. The van der Waals surface area contributed by atoms with E-state index in [1.165, 1.54) is 0 Å². The smallest absolute Gasteiger partial charge is 0.307 e. The molecule has 0 unspecified atom stereocenters. The molecule has 2 aliphatic carbocycles. The predicted octanol–water partition coefficient (Wildman–Crippen LogP) is 0.502. The van der Waals surface area contributed by atoms with Gasteiger partial charge in [0.25, 0.3) is 0 Å². The van der Waals surface area contributed by atoms with Gasteiger partial charge in [-0.15, -0.1) is 0 Å². The van der Waals surface area contributed by atoms with E-state index in [2.05, 4.69) is 0 Å². The Kier molecular flexibility index (Phi) is 1.68. The number of carboxylic acids is 1. The lowest BCUT2D eigenvalue weighted by Gasteiger charge is -2.22. The zero-order chi connectivity index (χ0) is 8.72. The second kappa shape index (κ2) is 2.59. The van der Waals surface area contributed by atoms with Crippen LogP contribution in [0.5, 0.6) is 0 Å². The molecule has 0 spiro atoms. The molecule has 4 atom stereocenters. The van der Waals surface area contributed by atoms with Crippen molar-refractivity contribution in [1.82, 2.24) is 0 Å². The van der Waals surface area contributed by atoms with Crippen molar-refractivity contribution in [3.63, 3.8) is 0 Å². The first kappa shape index (κ1) is 7.80. The molecule has 0 aromatic carbocycles. The average Bonchev–Trinajstić information content (AvgIpc) is 2.60. The molecule has 0 radical (unpaired) electrons. The summed E-state index contributed by atoms with van der Waals surface area (Å²) in [4.78, 5) is 10.8. The summed E-state index contributed by atoms with van der Waals surface area (Å²) >= 11 is 0. The van der Waals surface area contributed by atoms with E-state index in [-0.39, 0.29) is 24.4 Å². The Morgan fingerprint density at radius 3 is 2.58 bits per heavy atom. The number of carbonyl (C=O) groups is 1. The highest BCUT2D eigenvalue weighted by molar-refractivity contribution is 5.72. The normalized spacial score (nSPS) is 43.8. The summed E-state index contributed by atoms with van der Waals surface area (Å²) in [5, 5.41) is 17.9. The molecule has 2 N–H and O–H groups in total. The summed E-state index contributed by atoms with van der Waals surface area (Å²) < 4.78 is 0. The third-order valence-corrected chi connectivity index (χ3v) is 3.12. The minimum atomic E-state index is -0.758. The summed E-state index contributed by atoms with van der Waals surface area (Å²) in [6, 6.07) is 0. The van der Waals surface area contributed by atoms with Gasteiger partial charge in [-0.2, -0.15) is 0 Å². The molecule has 0 aromatic rings. The van der Waals surface area contributed by atoms with Crippen LogP contribution < -0.4 is 0 Å². The Balaban J connectivity index is 2.23. The number of aliphatic carboxylic acids is 1. The fraction of sp³-hybridized carbons (Fsp3) is 0.667. The maximum absolute atomic E-state index is 10.8. The summed E-state index contributed by atoms with van der Waals surface area (Å²) in [5.41, 5.74) is 0. The van der Waals surface area contributed by atoms with Crippen LogP contribution in [0.2, 0.25) is 0 Å². The van der Waals surface area contributed by atoms with E-state index >= 15 is 0 Å². The fourth-order valence-corrected chi connectivity index (χ4v) is 2.54. The van der Waals surface area contributed by atoms with Crippen LogP contribution in [0.1, 0.15) is 6.42 Å². The SMILES string of the molecule is O=C(O)[C@@H]1[C@H](CO)[C@@H]2C=C[C@H]1C2. The fourth-order valence-electron chi connectivity index (χ4n) is 2.54. The van der Waals surface area contributed by atoms with E-state index in [0.29, 0.717) is 5.92 Å². The van der Waals surface area contributed by atoms with Crippen LogP contribution >= 0.6 is 0 Å². The Morgan fingerprint density at radius 2 is 2.08 bits per heavy atom. The van der Waals surface area contributed by atoms with Gasteiger partial charge < -0.3 is 10.2 Å². The topological polar surface area (TPSA) is 57.5 Å². The minimum absolute atomic E-state index is 0.00245. The van der Waals surface area contributed by atoms with E-state index in [1.54, 1.807) is 0 Å². The zero-order valence-corrected chi connectivity index (χ0v) is 6.68. The van der Waals surface area contributed by atoms with Gasteiger partial charge in [-0.1, -0.05) is 12.2 Å². The maximum atomic E-state index is 10.8. The van der Waals surface area contributed by atoms with Crippen LogP contribution in [0.4, 0.5) is 0 Å². The third kappa shape index (κ3) is 0.894. The molecular weight excluding hydrogens is 156 g/mol. The zero-order valence-electron chi connectivity index (χ0n) is 6.68. The third-order valence-electron chi connectivity index (χ3n) is 3.12. The number of rotatable bonds is 2. The quantitative estimate of drug-likeness (QED) is 0.590. The van der Waals surface area contributed by atoms with Crippen molar-refractivity contribution in [2.45, 2.75) is 6.42 Å². The van der Waals surface area contributed by atoms with Gasteiger partial charge in [-0.05, 0) is 18.3 Å². The average molecular weight is 168 g/mol. The second-order valence-electron chi connectivity index (χ2n) is 3.66. The molecule has 0 aliphatic heterocycles. The van der Waals surface area contributed by atoms with Gasteiger partial charge in [0.2, 0.25) is 0 Å². The summed E-state index contributed by atoms with van der Waals surface area (Å²) in [6.45, 7) is 0.00245. The van der Waals surface area contributed by atoms with Crippen molar-refractivity contribution in [3.05, 3.63) is 12.2 Å². The number of hydrogen-bond donors (Lipinski definition) is 2. The Morgan fingerprint density at radius 1 is 1.42 bits per heavy atom. The molecule has 12 heavy (non-hydrogen) atoms. The minimum Gasteiger partial charge on any atom is -0.481 e. The molecule has 66 valence electrons. The molecule has 3 heteroatoms. The van der Waals surface area contributed by atoms with Crippen molar-refractivity contribution >= 4 is 5.97 Å². The molecular formula is C9H12O3. The van der Waals surface area contributed by atoms with Gasteiger partial charge in [0.15, 0.2) is 0 Å². The molecule has 2 rings (SSSR count). The van der Waals surface area contributed by atoms with Crippen LogP contribution in [0.15, 0.2) is 12.2 Å². The van der Waals surface area contributed by atoms with Gasteiger partial charge in [0, 0.05) is 12.5 Å².